The zero-order valence-corrected chi connectivity index (χ0v) is 18.5. The van der Waals surface area contributed by atoms with E-state index in [-0.39, 0.29) is 24.0 Å². The molecule has 1 spiro atoms. The van der Waals surface area contributed by atoms with Gasteiger partial charge in [-0.2, -0.15) is 0 Å². The first kappa shape index (κ1) is 21.6. The first-order chi connectivity index (χ1) is 16.1. The molecule has 3 heterocycles. The van der Waals surface area contributed by atoms with E-state index in [9.17, 15) is 14.4 Å². The van der Waals surface area contributed by atoms with Crippen molar-refractivity contribution in [3.05, 3.63) is 71.8 Å². The second-order valence-electron chi connectivity index (χ2n) is 9.30. The molecule has 3 aliphatic heterocycles. The Morgan fingerprint density at radius 2 is 1.55 bits per heavy atom. The first-order valence-corrected chi connectivity index (χ1v) is 11.7. The maximum absolute atomic E-state index is 13.2. The minimum absolute atomic E-state index is 0.194. The molecular weight excluding hydrogens is 418 g/mol. The highest BCUT2D eigenvalue weighted by molar-refractivity contribution is 6.07. The quantitative estimate of drug-likeness (QED) is 0.525. The molecule has 3 aliphatic rings. The Morgan fingerprint density at radius 3 is 2.06 bits per heavy atom. The van der Waals surface area contributed by atoms with E-state index in [1.807, 2.05) is 60.7 Å². The number of urea groups is 1. The molecule has 7 heteroatoms. The summed E-state index contributed by atoms with van der Waals surface area (Å²) in [5.74, 6) is -0.925. The van der Waals surface area contributed by atoms with Gasteiger partial charge in [0.05, 0.1) is 0 Å². The summed E-state index contributed by atoms with van der Waals surface area (Å²) < 4.78 is 5.81. The fourth-order valence-corrected chi connectivity index (χ4v) is 5.82. The molecule has 3 fully saturated rings. The predicted molar refractivity (Wildman–Crippen MR) is 122 cm³/mol. The Balaban J connectivity index is 1.25. The van der Waals surface area contributed by atoms with E-state index >= 15 is 0 Å². The van der Waals surface area contributed by atoms with Crippen LogP contribution in [0, 0.1) is 0 Å². The number of fused-ring (bicyclic) bond motifs is 2. The van der Waals surface area contributed by atoms with E-state index in [4.69, 9.17) is 4.74 Å². The number of rotatable bonds is 6. The maximum atomic E-state index is 13.2. The third-order valence-electron chi connectivity index (χ3n) is 7.29. The molecule has 172 valence electrons. The number of hydrogen-bond donors (Lipinski definition) is 2. The van der Waals surface area contributed by atoms with Crippen LogP contribution in [0.4, 0.5) is 4.79 Å². The van der Waals surface area contributed by atoms with Gasteiger partial charge < -0.3 is 10.1 Å². The molecule has 0 aliphatic carbocycles. The summed E-state index contributed by atoms with van der Waals surface area (Å²) in [6.45, 7) is 0.927. The van der Waals surface area contributed by atoms with Crippen molar-refractivity contribution in [3.63, 3.8) is 0 Å². The zero-order chi connectivity index (χ0) is 22.8. The van der Waals surface area contributed by atoms with Crippen LogP contribution in [0.3, 0.4) is 0 Å². The van der Waals surface area contributed by atoms with Gasteiger partial charge in [0.25, 0.3) is 5.91 Å². The van der Waals surface area contributed by atoms with Crippen LogP contribution in [0.15, 0.2) is 60.7 Å². The summed E-state index contributed by atoms with van der Waals surface area (Å²) in [7, 11) is 0. The van der Waals surface area contributed by atoms with Crippen LogP contribution >= 0.6 is 0 Å². The summed E-state index contributed by atoms with van der Waals surface area (Å²) in [5.41, 5.74) is 1.04. The lowest BCUT2D eigenvalue weighted by atomic mass is 9.73. The maximum Gasteiger partial charge on any atom is 0.322 e. The molecule has 3 saturated heterocycles. The Bertz CT molecular complexity index is 973. The monoisotopic (exact) mass is 447 g/mol. The third kappa shape index (κ3) is 4.25. The van der Waals surface area contributed by atoms with Gasteiger partial charge in [-0.15, -0.1) is 0 Å². The van der Waals surface area contributed by atoms with Crippen molar-refractivity contribution >= 4 is 17.9 Å². The average Bonchev–Trinajstić information content (AvgIpc) is 3.08. The Kier molecular flexibility index (Phi) is 5.89. The van der Waals surface area contributed by atoms with Crippen LogP contribution in [0.5, 0.6) is 0 Å². The minimum Gasteiger partial charge on any atom is -0.464 e. The lowest BCUT2D eigenvalue weighted by Crippen LogP contribution is -2.64. The molecule has 2 atom stereocenters. The van der Waals surface area contributed by atoms with Crippen molar-refractivity contribution in [2.24, 2.45) is 0 Å². The summed E-state index contributed by atoms with van der Waals surface area (Å²) in [6.07, 6.45) is 4.27. The van der Waals surface area contributed by atoms with Crippen LogP contribution in [0.1, 0.15) is 49.1 Å². The van der Waals surface area contributed by atoms with Crippen LogP contribution < -0.4 is 10.6 Å². The van der Waals surface area contributed by atoms with E-state index < -0.39 is 17.5 Å². The minimum atomic E-state index is -0.786. The second-order valence-corrected chi connectivity index (χ2v) is 9.30. The van der Waals surface area contributed by atoms with Crippen LogP contribution in [-0.2, 0) is 14.3 Å². The van der Waals surface area contributed by atoms with Gasteiger partial charge in [0, 0.05) is 18.6 Å². The van der Waals surface area contributed by atoms with E-state index in [0.717, 1.165) is 30.4 Å². The Morgan fingerprint density at radius 1 is 0.970 bits per heavy atom. The van der Waals surface area contributed by atoms with Crippen molar-refractivity contribution in [3.8, 4) is 0 Å². The summed E-state index contributed by atoms with van der Waals surface area (Å²) in [5, 5.41) is 5.29. The van der Waals surface area contributed by atoms with Crippen molar-refractivity contribution in [2.75, 3.05) is 13.2 Å². The second kappa shape index (κ2) is 8.98. The molecule has 2 bridgehead atoms. The van der Waals surface area contributed by atoms with Gasteiger partial charge in [-0.05, 0) is 36.8 Å². The van der Waals surface area contributed by atoms with E-state index in [2.05, 4.69) is 15.5 Å². The molecule has 7 nitrogen and oxygen atoms in total. The lowest BCUT2D eigenvalue weighted by Gasteiger charge is -2.51. The van der Waals surface area contributed by atoms with Crippen molar-refractivity contribution in [1.82, 2.24) is 15.5 Å². The number of hydrogen-bond acceptors (Lipinski definition) is 5. The molecule has 33 heavy (non-hydrogen) atoms. The third-order valence-corrected chi connectivity index (χ3v) is 7.29. The molecular formula is C26H29N3O4. The van der Waals surface area contributed by atoms with Crippen LogP contribution in [-0.4, -0.2) is 53.6 Å². The number of carbonyl (C=O) groups excluding carboxylic acids is 3. The summed E-state index contributed by atoms with van der Waals surface area (Å²) in [4.78, 5) is 39.8. The number of imide groups is 1. The van der Waals surface area contributed by atoms with Crippen LogP contribution in [0.2, 0.25) is 0 Å². The zero-order valence-electron chi connectivity index (χ0n) is 18.5. The molecule has 5 rings (SSSR count). The number of benzene rings is 2. The number of piperidine rings is 2. The number of carbonyl (C=O) groups is 3. The normalized spacial score (nSPS) is 26.8. The standard InChI is InChI=1S/C26H29N3O4/c30-23(22(18-8-3-1-4-9-18)19-10-5-2-6-11-19)33-15-14-29-20-12-7-13-21(29)17-26(16-20)24(31)27-25(32)28-26/h1-6,8-11,20-22H,7,12-17H2,(H2,27,28,31,32)/t20-,21-/m1/s1. The molecule has 3 amide bonds. The van der Waals surface area contributed by atoms with Gasteiger partial charge in [-0.25, -0.2) is 4.79 Å². The van der Waals surface area contributed by atoms with E-state index in [1.165, 1.54) is 0 Å². The largest absolute Gasteiger partial charge is 0.464 e. The van der Waals surface area contributed by atoms with Gasteiger partial charge in [-0.3, -0.25) is 19.8 Å². The fraction of sp³-hybridized carbons (Fsp3) is 0.423. The number of ether oxygens (including phenoxy) is 1. The number of esters is 1. The van der Waals surface area contributed by atoms with Gasteiger partial charge in [0.15, 0.2) is 0 Å². The highest BCUT2D eigenvalue weighted by Crippen LogP contribution is 2.40. The number of nitrogens with zero attached hydrogens (tertiary/aromatic N) is 1. The van der Waals surface area contributed by atoms with Crippen molar-refractivity contribution in [2.45, 2.75) is 55.6 Å². The predicted octanol–water partition coefficient (Wildman–Crippen LogP) is 2.96. The fourth-order valence-electron chi connectivity index (χ4n) is 5.82. The first-order valence-electron chi connectivity index (χ1n) is 11.7. The highest BCUT2D eigenvalue weighted by Gasteiger charge is 2.54. The molecule has 2 aromatic rings. The van der Waals surface area contributed by atoms with Crippen LogP contribution in [0.25, 0.3) is 0 Å². The Hall–Kier alpha value is -3.19. The topological polar surface area (TPSA) is 87.7 Å². The molecule has 2 N–H and O–H groups in total. The molecule has 0 aromatic heterocycles. The number of nitrogens with one attached hydrogen (secondary N) is 2. The van der Waals surface area contributed by atoms with Crippen molar-refractivity contribution < 1.29 is 19.1 Å². The van der Waals surface area contributed by atoms with E-state index in [0.29, 0.717) is 26.0 Å². The SMILES string of the molecule is O=C1NC(=O)C2(C[C@H]3CCC[C@H](C2)N3CCOC(=O)C(c2ccccc2)c2ccccc2)N1. The lowest BCUT2D eigenvalue weighted by molar-refractivity contribution is -0.146. The Labute approximate surface area is 193 Å². The van der Waals surface area contributed by atoms with Gasteiger partial charge in [0.2, 0.25) is 0 Å². The van der Waals surface area contributed by atoms with Gasteiger partial charge in [0.1, 0.15) is 18.1 Å². The van der Waals surface area contributed by atoms with Crippen molar-refractivity contribution in [1.29, 1.82) is 0 Å². The van der Waals surface area contributed by atoms with Gasteiger partial charge in [-0.1, -0.05) is 67.1 Å². The number of amides is 3. The van der Waals surface area contributed by atoms with E-state index in [1.54, 1.807) is 0 Å². The summed E-state index contributed by atoms with van der Waals surface area (Å²) >= 11 is 0. The summed E-state index contributed by atoms with van der Waals surface area (Å²) in [6, 6.07) is 19.4. The molecule has 2 aromatic carbocycles. The highest BCUT2D eigenvalue weighted by atomic mass is 16.5. The molecule has 0 unspecified atom stereocenters. The van der Waals surface area contributed by atoms with Gasteiger partial charge >= 0.3 is 12.0 Å². The average molecular weight is 448 g/mol. The molecule has 0 radical (unpaired) electrons. The molecule has 0 saturated carbocycles. The smallest absolute Gasteiger partial charge is 0.322 e.